The van der Waals surface area contributed by atoms with Gasteiger partial charge in [0, 0.05) is 18.3 Å². The van der Waals surface area contributed by atoms with E-state index in [1.807, 2.05) is 44.2 Å². The molecule has 5 rings (SSSR count). The molecular formula is C33H43NO7. The van der Waals surface area contributed by atoms with Crippen LogP contribution in [0.5, 0.6) is 0 Å². The highest BCUT2D eigenvalue weighted by Gasteiger charge is 2.68. The minimum Gasteiger partial charge on any atom is -0.458 e. The molecule has 3 N–H and O–H groups in total. The fraction of sp³-hybridized carbons (Fsp3) is 0.636. The zero-order valence-electron chi connectivity index (χ0n) is 24.4. The highest BCUT2D eigenvalue weighted by molar-refractivity contribution is 5.92. The number of carbonyl (C=O) groups is 4. The van der Waals surface area contributed by atoms with Crippen LogP contribution in [0.25, 0.3) is 0 Å². The highest BCUT2D eigenvalue weighted by Crippen LogP contribution is 2.67. The molecule has 8 atom stereocenters. The van der Waals surface area contributed by atoms with Crippen molar-refractivity contribution in [3.05, 3.63) is 47.5 Å². The van der Waals surface area contributed by atoms with Crippen molar-refractivity contribution in [2.75, 3.05) is 6.61 Å². The van der Waals surface area contributed by atoms with Gasteiger partial charge in [0.25, 0.3) is 0 Å². The fourth-order valence-electron chi connectivity index (χ4n) is 8.84. The summed E-state index contributed by atoms with van der Waals surface area (Å²) in [6.07, 6.45) is 4.88. The molecule has 222 valence electrons. The normalized spacial score (nSPS) is 36.7. The van der Waals surface area contributed by atoms with Crippen molar-refractivity contribution in [1.29, 1.82) is 0 Å². The van der Waals surface area contributed by atoms with Gasteiger partial charge < -0.3 is 20.3 Å². The second kappa shape index (κ2) is 11.1. The Labute approximate surface area is 241 Å². The zero-order chi connectivity index (χ0) is 29.6. The summed E-state index contributed by atoms with van der Waals surface area (Å²) in [4.78, 5) is 50.3. The molecule has 8 nitrogen and oxygen atoms in total. The summed E-state index contributed by atoms with van der Waals surface area (Å²) in [5.41, 5.74) is -0.698. The molecular weight excluding hydrogens is 522 g/mol. The molecule has 3 saturated carbocycles. The van der Waals surface area contributed by atoms with Crippen molar-refractivity contribution in [2.45, 2.75) is 96.3 Å². The van der Waals surface area contributed by atoms with Crippen LogP contribution < -0.4 is 5.32 Å². The summed E-state index contributed by atoms with van der Waals surface area (Å²) < 4.78 is 5.25. The van der Waals surface area contributed by atoms with E-state index in [1.54, 1.807) is 6.08 Å². The minimum absolute atomic E-state index is 0.0142. The Kier molecular flexibility index (Phi) is 8.03. The van der Waals surface area contributed by atoms with E-state index in [2.05, 4.69) is 12.2 Å². The van der Waals surface area contributed by atoms with E-state index < -0.39 is 35.5 Å². The molecule has 8 unspecified atom stereocenters. The Morgan fingerprint density at radius 3 is 2.54 bits per heavy atom. The predicted molar refractivity (Wildman–Crippen MR) is 151 cm³/mol. The molecule has 1 amide bonds. The Balaban J connectivity index is 1.18. The van der Waals surface area contributed by atoms with Gasteiger partial charge in [-0.3, -0.25) is 19.2 Å². The lowest BCUT2D eigenvalue weighted by Crippen LogP contribution is -2.62. The molecule has 0 bridgehead atoms. The number of amides is 1. The number of aliphatic hydroxyl groups excluding tert-OH is 1. The van der Waals surface area contributed by atoms with Gasteiger partial charge in [0.1, 0.15) is 5.60 Å². The van der Waals surface area contributed by atoms with E-state index in [-0.39, 0.29) is 66.6 Å². The van der Waals surface area contributed by atoms with Crippen LogP contribution in [0, 0.1) is 28.6 Å². The van der Waals surface area contributed by atoms with E-state index in [0.717, 1.165) is 30.4 Å². The van der Waals surface area contributed by atoms with Gasteiger partial charge in [-0.25, -0.2) is 0 Å². The standard InChI is InChI=1S/C33H43NO7/c1-20(21-7-5-4-6-8-21)34-28(38)11-12-29(39)41-19-27(37)33(40)16-14-25-24-10-9-22-17-23(35)13-15-31(22,2)30(24)26(36)18-32(25,33)3/h4-8,17,20,24-26,30,36,40H,9-16,18-19H2,1-3H3,(H,34,38). The van der Waals surface area contributed by atoms with Crippen molar-refractivity contribution in [1.82, 2.24) is 5.32 Å². The molecule has 4 aliphatic rings. The monoisotopic (exact) mass is 565 g/mol. The largest absolute Gasteiger partial charge is 0.458 e. The molecule has 1 aromatic rings. The van der Waals surface area contributed by atoms with Gasteiger partial charge in [-0.05, 0) is 80.3 Å². The summed E-state index contributed by atoms with van der Waals surface area (Å²) in [7, 11) is 0. The maximum atomic E-state index is 13.4. The summed E-state index contributed by atoms with van der Waals surface area (Å²) >= 11 is 0. The molecule has 0 radical (unpaired) electrons. The van der Waals surface area contributed by atoms with Crippen molar-refractivity contribution >= 4 is 23.4 Å². The summed E-state index contributed by atoms with van der Waals surface area (Å²) in [5, 5.41) is 26.2. The van der Waals surface area contributed by atoms with Crippen LogP contribution in [0.1, 0.15) is 90.2 Å². The minimum atomic E-state index is -1.70. The first-order chi connectivity index (χ1) is 19.4. The third-order valence-corrected chi connectivity index (χ3v) is 11.1. The van der Waals surface area contributed by atoms with Gasteiger partial charge in [-0.15, -0.1) is 0 Å². The van der Waals surface area contributed by atoms with Gasteiger partial charge in [0.05, 0.1) is 18.6 Å². The number of allylic oxidation sites excluding steroid dienone is 1. The second-order valence-electron chi connectivity index (χ2n) is 13.3. The van der Waals surface area contributed by atoms with Gasteiger partial charge in [0.15, 0.2) is 12.4 Å². The molecule has 3 fully saturated rings. The number of fused-ring (bicyclic) bond motifs is 5. The number of hydrogen-bond donors (Lipinski definition) is 3. The maximum Gasteiger partial charge on any atom is 0.306 e. The average Bonchev–Trinajstić information content (AvgIpc) is 3.21. The van der Waals surface area contributed by atoms with Crippen molar-refractivity contribution in [2.24, 2.45) is 28.6 Å². The van der Waals surface area contributed by atoms with E-state index in [1.165, 1.54) is 0 Å². The van der Waals surface area contributed by atoms with Gasteiger partial charge in [-0.1, -0.05) is 49.8 Å². The Hall–Kier alpha value is -2.84. The lowest BCUT2D eigenvalue weighted by atomic mass is 9.45. The number of rotatable bonds is 8. The van der Waals surface area contributed by atoms with Crippen molar-refractivity contribution in [3.8, 4) is 0 Å². The third kappa shape index (κ3) is 5.18. The van der Waals surface area contributed by atoms with Crippen molar-refractivity contribution < 1.29 is 34.1 Å². The van der Waals surface area contributed by atoms with Gasteiger partial charge in [-0.2, -0.15) is 0 Å². The molecule has 0 spiro atoms. The fourth-order valence-corrected chi connectivity index (χ4v) is 8.84. The third-order valence-electron chi connectivity index (χ3n) is 11.1. The van der Waals surface area contributed by atoms with E-state index in [9.17, 15) is 29.4 Å². The number of hydrogen-bond acceptors (Lipinski definition) is 7. The number of nitrogens with one attached hydrogen (secondary N) is 1. The maximum absolute atomic E-state index is 13.4. The molecule has 0 saturated heterocycles. The smallest absolute Gasteiger partial charge is 0.306 e. The number of benzene rings is 1. The number of ketones is 2. The topological polar surface area (TPSA) is 130 Å². The van der Waals surface area contributed by atoms with Crippen LogP contribution in [-0.4, -0.2) is 52.0 Å². The number of carbonyl (C=O) groups excluding carboxylic acids is 4. The first-order valence-electron chi connectivity index (χ1n) is 15.1. The SMILES string of the molecule is CC(NC(=O)CCC(=O)OCC(=O)C1(O)CCC2C3CCC4=CC(=O)CCC4(C)C3C(O)CC21C)c1ccccc1. The van der Waals surface area contributed by atoms with Crippen LogP contribution in [0.15, 0.2) is 42.0 Å². The van der Waals surface area contributed by atoms with Crippen molar-refractivity contribution in [3.63, 3.8) is 0 Å². The van der Waals surface area contributed by atoms with Crippen LogP contribution in [0.3, 0.4) is 0 Å². The Bertz CT molecular complexity index is 1240. The van der Waals surface area contributed by atoms with Crippen LogP contribution in [-0.2, 0) is 23.9 Å². The average molecular weight is 566 g/mol. The van der Waals surface area contributed by atoms with E-state index in [4.69, 9.17) is 4.74 Å². The first kappa shape index (κ1) is 29.6. The number of esters is 1. The van der Waals surface area contributed by atoms with Crippen LogP contribution >= 0.6 is 0 Å². The number of ether oxygens (including phenoxy) is 1. The first-order valence-corrected chi connectivity index (χ1v) is 15.1. The lowest BCUT2D eigenvalue weighted by molar-refractivity contribution is -0.184. The Morgan fingerprint density at radius 1 is 1.07 bits per heavy atom. The number of Topliss-reactive ketones (excluding diaryl/α,β-unsaturated/α-hetero) is 1. The highest BCUT2D eigenvalue weighted by atomic mass is 16.5. The van der Waals surface area contributed by atoms with E-state index in [0.29, 0.717) is 12.8 Å². The van der Waals surface area contributed by atoms with E-state index >= 15 is 0 Å². The number of aliphatic hydroxyl groups is 2. The molecule has 4 aliphatic carbocycles. The second-order valence-corrected chi connectivity index (χ2v) is 13.3. The summed E-state index contributed by atoms with van der Waals surface area (Å²) in [6, 6.07) is 9.30. The predicted octanol–water partition coefficient (Wildman–Crippen LogP) is 3.99. The van der Waals surface area contributed by atoms with Crippen LogP contribution in [0.2, 0.25) is 0 Å². The quantitative estimate of drug-likeness (QED) is 0.407. The molecule has 8 heteroatoms. The summed E-state index contributed by atoms with van der Waals surface area (Å²) in [5.74, 6) is -1.17. The summed E-state index contributed by atoms with van der Waals surface area (Å²) in [6.45, 7) is 5.38. The van der Waals surface area contributed by atoms with Crippen LogP contribution in [0.4, 0.5) is 0 Å². The van der Waals surface area contributed by atoms with Gasteiger partial charge >= 0.3 is 5.97 Å². The molecule has 0 aliphatic heterocycles. The molecule has 0 heterocycles. The molecule has 41 heavy (non-hydrogen) atoms. The zero-order valence-corrected chi connectivity index (χ0v) is 24.4. The molecule has 0 aromatic heterocycles. The molecule has 1 aromatic carbocycles. The van der Waals surface area contributed by atoms with Gasteiger partial charge in [0.2, 0.25) is 11.7 Å². The Morgan fingerprint density at radius 2 is 1.80 bits per heavy atom. The lowest BCUT2D eigenvalue weighted by Gasteiger charge is -2.60.